The number of benzene rings is 2. The second kappa shape index (κ2) is 8.87. The molecule has 0 fully saturated rings. The first kappa shape index (κ1) is 20.5. The van der Waals surface area contributed by atoms with Crippen LogP contribution in [-0.4, -0.2) is 30.3 Å². The van der Waals surface area contributed by atoms with Gasteiger partial charge in [-0.15, -0.1) is 0 Å². The number of aromatic hydroxyl groups is 1. The average molecular weight is 417 g/mol. The maximum atomic E-state index is 12.8. The normalized spacial score (nSPS) is 16.1. The van der Waals surface area contributed by atoms with Crippen molar-refractivity contribution in [2.45, 2.75) is 19.9 Å². The highest BCUT2D eigenvalue weighted by Gasteiger charge is 2.35. The maximum Gasteiger partial charge on any atom is 0.338 e. The lowest BCUT2D eigenvalue weighted by atomic mass is 9.92. The maximum absolute atomic E-state index is 12.8. The lowest BCUT2D eigenvalue weighted by molar-refractivity contribution is -0.138. The number of halogens is 1. The SMILES string of the molecule is CCOC(=O)C1=C(c2ccccc2)NC(=O)N[C@H]1c1cc(Cl)c(O)c(OCC)c1. The Bertz CT molecular complexity index is 959. The summed E-state index contributed by atoms with van der Waals surface area (Å²) < 4.78 is 10.7. The van der Waals surface area contributed by atoms with Gasteiger partial charge in [-0.05, 0) is 37.1 Å². The Kier molecular flexibility index (Phi) is 6.29. The van der Waals surface area contributed by atoms with Crippen LogP contribution in [0.5, 0.6) is 11.5 Å². The molecular weight excluding hydrogens is 396 g/mol. The standard InChI is InChI=1S/C21H21ClN2O5/c1-3-28-15-11-13(10-14(22)19(15)25)18-16(20(26)29-4-2)17(23-21(27)24-18)12-8-6-5-7-9-12/h5-11,18,25H,3-4H2,1-2H3,(H2,23,24,27)/t18-/m0/s1. The minimum absolute atomic E-state index is 0.0446. The van der Waals surface area contributed by atoms with Gasteiger partial charge in [-0.1, -0.05) is 41.9 Å². The van der Waals surface area contributed by atoms with E-state index < -0.39 is 18.0 Å². The highest BCUT2D eigenvalue weighted by molar-refractivity contribution is 6.32. The number of esters is 1. The minimum atomic E-state index is -0.852. The number of amides is 2. The molecule has 2 aromatic carbocycles. The topological polar surface area (TPSA) is 96.9 Å². The summed E-state index contributed by atoms with van der Waals surface area (Å²) in [7, 11) is 0. The molecule has 152 valence electrons. The number of nitrogens with one attached hydrogen (secondary N) is 2. The Morgan fingerprint density at radius 2 is 1.90 bits per heavy atom. The van der Waals surface area contributed by atoms with Crippen molar-refractivity contribution in [3.05, 3.63) is 64.2 Å². The van der Waals surface area contributed by atoms with Crippen LogP contribution in [0.25, 0.3) is 5.70 Å². The Hall–Kier alpha value is -3.19. The molecule has 0 saturated heterocycles. The lowest BCUT2D eigenvalue weighted by Crippen LogP contribution is -2.45. The van der Waals surface area contributed by atoms with E-state index >= 15 is 0 Å². The van der Waals surface area contributed by atoms with E-state index in [1.165, 1.54) is 6.07 Å². The lowest BCUT2D eigenvalue weighted by Gasteiger charge is -2.30. The van der Waals surface area contributed by atoms with Crippen molar-refractivity contribution in [2.75, 3.05) is 13.2 Å². The van der Waals surface area contributed by atoms with Crippen molar-refractivity contribution in [2.24, 2.45) is 0 Å². The number of hydrogen-bond acceptors (Lipinski definition) is 5. The first-order valence-electron chi connectivity index (χ1n) is 9.15. The molecule has 1 atom stereocenters. The first-order chi connectivity index (χ1) is 14.0. The molecule has 1 heterocycles. The molecule has 1 aliphatic heterocycles. The van der Waals surface area contributed by atoms with Crippen LogP contribution in [-0.2, 0) is 9.53 Å². The summed E-state index contributed by atoms with van der Waals surface area (Å²) in [6.07, 6.45) is 0. The van der Waals surface area contributed by atoms with Gasteiger partial charge in [0.1, 0.15) is 0 Å². The molecule has 2 aromatic rings. The monoisotopic (exact) mass is 416 g/mol. The Morgan fingerprint density at radius 1 is 1.17 bits per heavy atom. The fourth-order valence-corrected chi connectivity index (χ4v) is 3.32. The first-order valence-corrected chi connectivity index (χ1v) is 9.53. The van der Waals surface area contributed by atoms with Crippen molar-refractivity contribution in [1.82, 2.24) is 10.6 Å². The number of phenols is 1. The second-order valence-electron chi connectivity index (χ2n) is 6.19. The summed E-state index contributed by atoms with van der Waals surface area (Å²) in [5, 5.41) is 15.6. The van der Waals surface area contributed by atoms with Crippen LogP contribution >= 0.6 is 11.6 Å². The van der Waals surface area contributed by atoms with E-state index in [1.807, 2.05) is 6.07 Å². The van der Waals surface area contributed by atoms with Crippen molar-refractivity contribution in [3.63, 3.8) is 0 Å². The van der Waals surface area contributed by atoms with Gasteiger partial charge in [0.25, 0.3) is 0 Å². The largest absolute Gasteiger partial charge is 0.503 e. The highest BCUT2D eigenvalue weighted by Crippen LogP contribution is 2.40. The summed E-state index contributed by atoms with van der Waals surface area (Å²) >= 11 is 6.16. The van der Waals surface area contributed by atoms with Gasteiger partial charge in [0.15, 0.2) is 11.5 Å². The smallest absolute Gasteiger partial charge is 0.338 e. The van der Waals surface area contributed by atoms with E-state index in [2.05, 4.69) is 10.6 Å². The number of carbonyl (C=O) groups excluding carboxylic acids is 2. The van der Waals surface area contributed by atoms with Crippen LogP contribution in [0.1, 0.15) is 31.0 Å². The number of carbonyl (C=O) groups is 2. The molecule has 0 aromatic heterocycles. The van der Waals surface area contributed by atoms with Crippen molar-refractivity contribution in [3.8, 4) is 11.5 Å². The fourth-order valence-electron chi connectivity index (χ4n) is 3.10. The molecule has 8 heteroatoms. The second-order valence-corrected chi connectivity index (χ2v) is 6.60. The fraction of sp³-hybridized carbons (Fsp3) is 0.238. The van der Waals surface area contributed by atoms with Crippen LogP contribution in [0, 0.1) is 0 Å². The van der Waals surface area contributed by atoms with Gasteiger partial charge in [0.2, 0.25) is 0 Å². The predicted molar refractivity (Wildman–Crippen MR) is 109 cm³/mol. The molecule has 7 nitrogen and oxygen atoms in total. The van der Waals surface area contributed by atoms with Gasteiger partial charge in [0, 0.05) is 0 Å². The van der Waals surface area contributed by atoms with Crippen molar-refractivity contribution >= 4 is 29.3 Å². The summed E-state index contributed by atoms with van der Waals surface area (Å²) in [6.45, 7) is 3.95. The van der Waals surface area contributed by atoms with Gasteiger partial charge >= 0.3 is 12.0 Å². The summed E-state index contributed by atoms with van der Waals surface area (Å²) in [4.78, 5) is 25.2. The molecule has 3 N–H and O–H groups in total. The van der Waals surface area contributed by atoms with Crippen LogP contribution in [0.3, 0.4) is 0 Å². The Labute approximate surface area is 173 Å². The van der Waals surface area contributed by atoms with Crippen molar-refractivity contribution < 1.29 is 24.2 Å². The van der Waals surface area contributed by atoms with Gasteiger partial charge in [-0.25, -0.2) is 9.59 Å². The number of rotatable bonds is 6. The minimum Gasteiger partial charge on any atom is -0.503 e. The van der Waals surface area contributed by atoms with Gasteiger partial charge in [-0.2, -0.15) is 0 Å². The van der Waals surface area contributed by atoms with Crippen molar-refractivity contribution in [1.29, 1.82) is 0 Å². The zero-order valence-corrected chi connectivity index (χ0v) is 16.7. The molecule has 0 aliphatic carbocycles. The van der Waals surface area contributed by atoms with Crippen LogP contribution in [0.4, 0.5) is 4.79 Å². The van der Waals surface area contributed by atoms with E-state index in [9.17, 15) is 14.7 Å². The Balaban J connectivity index is 2.20. The molecule has 0 unspecified atom stereocenters. The number of ether oxygens (including phenoxy) is 2. The van der Waals surface area contributed by atoms with Crippen LogP contribution in [0.15, 0.2) is 48.0 Å². The zero-order chi connectivity index (χ0) is 21.0. The predicted octanol–water partition coefficient (Wildman–Crippen LogP) is 3.77. The van der Waals surface area contributed by atoms with Gasteiger partial charge < -0.3 is 25.2 Å². The van der Waals surface area contributed by atoms with E-state index in [-0.39, 0.29) is 28.7 Å². The summed E-state index contributed by atoms with van der Waals surface area (Å²) in [5.74, 6) is -0.624. The highest BCUT2D eigenvalue weighted by atomic mass is 35.5. The molecule has 1 aliphatic rings. The number of phenolic OH excluding ortho intramolecular Hbond substituents is 1. The molecule has 0 saturated carbocycles. The number of hydrogen-bond donors (Lipinski definition) is 3. The third-order valence-corrected chi connectivity index (χ3v) is 4.60. The van der Waals surface area contributed by atoms with Crippen LogP contribution < -0.4 is 15.4 Å². The summed E-state index contributed by atoms with van der Waals surface area (Å²) in [5.41, 5.74) is 1.70. The summed E-state index contributed by atoms with van der Waals surface area (Å²) in [6, 6.07) is 10.7. The zero-order valence-electron chi connectivity index (χ0n) is 16.0. The molecule has 0 spiro atoms. The molecule has 0 bridgehead atoms. The quantitative estimate of drug-likeness (QED) is 0.623. The molecule has 2 amide bonds. The third kappa shape index (κ3) is 4.30. The van der Waals surface area contributed by atoms with Gasteiger partial charge in [-0.3, -0.25) is 0 Å². The molecular formula is C21H21ClN2O5. The van der Waals surface area contributed by atoms with Gasteiger partial charge in [0.05, 0.1) is 35.5 Å². The van der Waals surface area contributed by atoms with E-state index in [0.29, 0.717) is 23.4 Å². The van der Waals surface area contributed by atoms with E-state index in [4.69, 9.17) is 21.1 Å². The molecule has 29 heavy (non-hydrogen) atoms. The molecule has 0 radical (unpaired) electrons. The molecule has 3 rings (SSSR count). The van der Waals surface area contributed by atoms with Crippen LogP contribution in [0.2, 0.25) is 5.02 Å². The number of urea groups is 1. The van der Waals surface area contributed by atoms with E-state index in [1.54, 1.807) is 44.2 Å². The Morgan fingerprint density at radius 3 is 2.55 bits per heavy atom. The average Bonchev–Trinajstić information content (AvgIpc) is 2.71. The third-order valence-electron chi connectivity index (χ3n) is 4.31. The van der Waals surface area contributed by atoms with E-state index in [0.717, 1.165) is 0 Å².